The van der Waals surface area contributed by atoms with Gasteiger partial charge in [-0.3, -0.25) is 0 Å². The Kier molecular flexibility index (Phi) is 3.44. The van der Waals surface area contributed by atoms with Crippen molar-refractivity contribution in [3.05, 3.63) is 47.3 Å². The standard InChI is InChI=1S/C16H21NO3/c1-11-6-7-15(20-11)16(2,18)10-17-13-4-3-5-14-12(13)8-9-19-14/h6-9,13,17-18H,3-5,10H2,1-2H3/t13-,16+/m1/s1. The summed E-state index contributed by atoms with van der Waals surface area (Å²) in [4.78, 5) is 0. The first-order valence-corrected chi connectivity index (χ1v) is 7.15. The van der Waals surface area contributed by atoms with E-state index in [1.807, 2.05) is 25.1 Å². The van der Waals surface area contributed by atoms with Crippen LogP contribution in [0.25, 0.3) is 0 Å². The second-order valence-electron chi connectivity index (χ2n) is 5.81. The highest BCUT2D eigenvalue weighted by Crippen LogP contribution is 2.31. The van der Waals surface area contributed by atoms with Crippen molar-refractivity contribution in [2.75, 3.05) is 6.54 Å². The van der Waals surface area contributed by atoms with E-state index in [0.29, 0.717) is 12.3 Å². The first-order chi connectivity index (χ1) is 9.56. The van der Waals surface area contributed by atoms with Crippen LogP contribution in [0.4, 0.5) is 0 Å². The monoisotopic (exact) mass is 275 g/mol. The summed E-state index contributed by atoms with van der Waals surface area (Å²) in [6.45, 7) is 4.11. The fourth-order valence-corrected chi connectivity index (χ4v) is 2.83. The molecule has 0 bridgehead atoms. The van der Waals surface area contributed by atoms with E-state index in [1.54, 1.807) is 13.2 Å². The van der Waals surface area contributed by atoms with E-state index in [4.69, 9.17) is 8.83 Å². The molecule has 1 aliphatic carbocycles. The third-order valence-corrected chi connectivity index (χ3v) is 4.02. The Morgan fingerprint density at radius 2 is 2.25 bits per heavy atom. The zero-order valence-corrected chi connectivity index (χ0v) is 12.0. The van der Waals surface area contributed by atoms with Gasteiger partial charge < -0.3 is 19.3 Å². The number of rotatable bonds is 4. The molecule has 2 atom stereocenters. The molecule has 20 heavy (non-hydrogen) atoms. The molecule has 2 aromatic heterocycles. The Hall–Kier alpha value is -1.52. The largest absolute Gasteiger partial charge is 0.469 e. The maximum absolute atomic E-state index is 10.5. The highest BCUT2D eigenvalue weighted by Gasteiger charge is 2.29. The Labute approximate surface area is 118 Å². The van der Waals surface area contributed by atoms with Crippen molar-refractivity contribution in [2.45, 2.75) is 44.8 Å². The third-order valence-electron chi connectivity index (χ3n) is 4.02. The normalized spacial score (nSPS) is 21.4. The van der Waals surface area contributed by atoms with Crippen molar-refractivity contribution in [1.29, 1.82) is 0 Å². The van der Waals surface area contributed by atoms with Gasteiger partial charge >= 0.3 is 0 Å². The zero-order valence-electron chi connectivity index (χ0n) is 12.0. The quantitative estimate of drug-likeness (QED) is 0.900. The van der Waals surface area contributed by atoms with Crippen molar-refractivity contribution in [3.8, 4) is 0 Å². The summed E-state index contributed by atoms with van der Waals surface area (Å²) in [7, 11) is 0. The van der Waals surface area contributed by atoms with Crippen LogP contribution in [-0.2, 0) is 12.0 Å². The second kappa shape index (κ2) is 5.11. The molecule has 2 heterocycles. The SMILES string of the molecule is Cc1ccc([C@@](C)(O)CN[C@@H]2CCCc3occc32)o1. The van der Waals surface area contributed by atoms with Crippen LogP contribution in [0.15, 0.2) is 33.3 Å². The van der Waals surface area contributed by atoms with Crippen LogP contribution < -0.4 is 5.32 Å². The number of aliphatic hydroxyl groups is 1. The predicted octanol–water partition coefficient (Wildman–Crippen LogP) is 3.06. The maximum atomic E-state index is 10.5. The van der Waals surface area contributed by atoms with Crippen LogP contribution in [0.5, 0.6) is 0 Å². The zero-order chi connectivity index (χ0) is 14.2. The molecule has 0 spiro atoms. The van der Waals surface area contributed by atoms with Crippen LogP contribution in [0.3, 0.4) is 0 Å². The van der Waals surface area contributed by atoms with Crippen LogP contribution in [0.1, 0.15) is 48.7 Å². The predicted molar refractivity (Wildman–Crippen MR) is 75.4 cm³/mol. The molecule has 3 rings (SSSR count). The average molecular weight is 275 g/mol. The molecular weight excluding hydrogens is 254 g/mol. The van der Waals surface area contributed by atoms with E-state index in [2.05, 4.69) is 5.32 Å². The van der Waals surface area contributed by atoms with Gasteiger partial charge in [-0.1, -0.05) is 0 Å². The summed E-state index contributed by atoms with van der Waals surface area (Å²) in [6, 6.07) is 5.98. The molecular formula is C16H21NO3. The molecule has 1 aliphatic rings. The smallest absolute Gasteiger partial charge is 0.136 e. The van der Waals surface area contributed by atoms with Crippen LogP contribution in [0, 0.1) is 6.92 Å². The number of aryl methyl sites for hydroxylation is 2. The summed E-state index contributed by atoms with van der Waals surface area (Å²) >= 11 is 0. The minimum atomic E-state index is -1.00. The van der Waals surface area contributed by atoms with Crippen molar-refractivity contribution in [3.63, 3.8) is 0 Å². The van der Waals surface area contributed by atoms with Gasteiger partial charge in [-0.15, -0.1) is 0 Å². The molecule has 0 aromatic carbocycles. The summed E-state index contributed by atoms with van der Waals surface area (Å²) in [5.74, 6) is 2.49. The minimum Gasteiger partial charge on any atom is -0.469 e. The molecule has 2 N–H and O–H groups in total. The summed E-state index contributed by atoms with van der Waals surface area (Å²) < 4.78 is 11.0. The molecule has 2 aromatic rings. The van der Waals surface area contributed by atoms with Crippen LogP contribution in [0.2, 0.25) is 0 Å². The van der Waals surface area contributed by atoms with E-state index in [9.17, 15) is 5.11 Å². The molecule has 0 unspecified atom stereocenters. The van der Waals surface area contributed by atoms with Gasteiger partial charge in [0.25, 0.3) is 0 Å². The van der Waals surface area contributed by atoms with Gasteiger partial charge in [0.1, 0.15) is 22.9 Å². The lowest BCUT2D eigenvalue weighted by Crippen LogP contribution is -2.38. The number of hydrogen-bond donors (Lipinski definition) is 2. The van der Waals surface area contributed by atoms with Gasteiger partial charge in [0.2, 0.25) is 0 Å². The van der Waals surface area contributed by atoms with Gasteiger partial charge in [0.15, 0.2) is 0 Å². The highest BCUT2D eigenvalue weighted by molar-refractivity contribution is 5.24. The van der Waals surface area contributed by atoms with E-state index in [1.165, 1.54) is 5.56 Å². The lowest BCUT2D eigenvalue weighted by atomic mass is 9.92. The van der Waals surface area contributed by atoms with E-state index >= 15 is 0 Å². The van der Waals surface area contributed by atoms with Crippen molar-refractivity contribution in [2.24, 2.45) is 0 Å². The highest BCUT2D eigenvalue weighted by atomic mass is 16.4. The molecule has 0 aliphatic heterocycles. The Morgan fingerprint density at radius 3 is 3.00 bits per heavy atom. The minimum absolute atomic E-state index is 0.250. The second-order valence-corrected chi connectivity index (χ2v) is 5.81. The number of hydrogen-bond acceptors (Lipinski definition) is 4. The summed E-state index contributed by atoms with van der Waals surface area (Å²) in [5.41, 5.74) is 0.220. The fourth-order valence-electron chi connectivity index (χ4n) is 2.83. The molecule has 0 amide bonds. The van der Waals surface area contributed by atoms with Gasteiger partial charge in [0.05, 0.1) is 6.26 Å². The first kappa shape index (κ1) is 13.5. The number of furan rings is 2. The van der Waals surface area contributed by atoms with Gasteiger partial charge in [-0.2, -0.15) is 0 Å². The number of fused-ring (bicyclic) bond motifs is 1. The van der Waals surface area contributed by atoms with Crippen molar-refractivity contribution >= 4 is 0 Å². The Bertz CT molecular complexity index is 582. The fraction of sp³-hybridized carbons (Fsp3) is 0.500. The van der Waals surface area contributed by atoms with Crippen molar-refractivity contribution in [1.82, 2.24) is 5.32 Å². The molecule has 0 radical (unpaired) electrons. The average Bonchev–Trinajstić information content (AvgIpc) is 3.05. The Morgan fingerprint density at radius 1 is 1.40 bits per heavy atom. The molecule has 0 saturated carbocycles. The van der Waals surface area contributed by atoms with Gasteiger partial charge in [0, 0.05) is 24.6 Å². The first-order valence-electron chi connectivity index (χ1n) is 7.15. The van der Waals surface area contributed by atoms with E-state index in [0.717, 1.165) is 30.8 Å². The topological polar surface area (TPSA) is 58.5 Å². The number of nitrogens with one attached hydrogen (secondary N) is 1. The third kappa shape index (κ3) is 2.53. The lowest BCUT2D eigenvalue weighted by Gasteiger charge is -2.28. The molecule has 4 heteroatoms. The summed E-state index contributed by atoms with van der Waals surface area (Å²) in [5, 5.41) is 14.0. The van der Waals surface area contributed by atoms with Gasteiger partial charge in [-0.25, -0.2) is 0 Å². The molecule has 0 fully saturated rings. The van der Waals surface area contributed by atoms with E-state index in [-0.39, 0.29) is 6.04 Å². The molecule has 0 saturated heterocycles. The van der Waals surface area contributed by atoms with E-state index < -0.39 is 5.60 Å². The van der Waals surface area contributed by atoms with Gasteiger partial charge in [-0.05, 0) is 44.9 Å². The van der Waals surface area contributed by atoms with Crippen LogP contribution in [-0.4, -0.2) is 11.7 Å². The lowest BCUT2D eigenvalue weighted by molar-refractivity contribution is 0.0301. The molecule has 4 nitrogen and oxygen atoms in total. The van der Waals surface area contributed by atoms with Crippen molar-refractivity contribution < 1.29 is 13.9 Å². The maximum Gasteiger partial charge on any atom is 0.136 e. The summed E-state index contributed by atoms with van der Waals surface area (Å²) in [6.07, 6.45) is 4.94. The Balaban J connectivity index is 1.68. The molecule has 108 valence electrons. The van der Waals surface area contributed by atoms with Crippen LogP contribution >= 0.6 is 0 Å².